The third-order valence-corrected chi connectivity index (χ3v) is 3.46. The Kier molecular flexibility index (Phi) is 3.43. The average Bonchev–Trinajstić information content (AvgIpc) is 2.86. The molecule has 0 saturated carbocycles. The molecule has 0 fully saturated rings. The van der Waals surface area contributed by atoms with E-state index in [1.54, 1.807) is 12.4 Å². The molecule has 0 radical (unpaired) electrons. The number of rotatable bonds is 4. The summed E-state index contributed by atoms with van der Waals surface area (Å²) in [4.78, 5) is 8.03. The van der Waals surface area contributed by atoms with Crippen molar-refractivity contribution in [2.24, 2.45) is 5.73 Å². The first-order valence-electron chi connectivity index (χ1n) is 6.74. The van der Waals surface area contributed by atoms with Gasteiger partial charge in [0, 0.05) is 42.4 Å². The molecule has 0 amide bonds. The zero-order chi connectivity index (χ0) is 13.9. The fourth-order valence-electron chi connectivity index (χ4n) is 2.42. The summed E-state index contributed by atoms with van der Waals surface area (Å²) in [5.41, 5.74) is 9.35. The van der Waals surface area contributed by atoms with E-state index >= 15 is 0 Å². The monoisotopic (exact) mass is 267 g/mol. The SMILES string of the molecule is CCn1nc(CC(N)c2cncnc2)c2ccccc21. The summed E-state index contributed by atoms with van der Waals surface area (Å²) in [5.74, 6) is 0. The molecule has 0 aliphatic carbocycles. The normalized spacial score (nSPS) is 12.7. The van der Waals surface area contributed by atoms with E-state index in [0.717, 1.165) is 23.3 Å². The minimum Gasteiger partial charge on any atom is -0.324 e. The van der Waals surface area contributed by atoms with Crippen molar-refractivity contribution < 1.29 is 0 Å². The smallest absolute Gasteiger partial charge is 0.115 e. The lowest BCUT2D eigenvalue weighted by molar-refractivity contribution is 0.639. The summed E-state index contributed by atoms with van der Waals surface area (Å²) in [7, 11) is 0. The van der Waals surface area contributed by atoms with Crippen molar-refractivity contribution in [3.05, 3.63) is 54.2 Å². The Morgan fingerprint density at radius 3 is 2.70 bits per heavy atom. The molecule has 20 heavy (non-hydrogen) atoms. The van der Waals surface area contributed by atoms with Crippen LogP contribution in [0.2, 0.25) is 0 Å². The van der Waals surface area contributed by atoms with Crippen molar-refractivity contribution in [2.75, 3.05) is 0 Å². The van der Waals surface area contributed by atoms with Gasteiger partial charge in [0.1, 0.15) is 6.33 Å². The summed E-state index contributed by atoms with van der Waals surface area (Å²) in [6.45, 7) is 2.94. The number of hydrogen-bond acceptors (Lipinski definition) is 4. The lowest BCUT2D eigenvalue weighted by Crippen LogP contribution is -2.14. The van der Waals surface area contributed by atoms with Crippen LogP contribution in [0.1, 0.15) is 24.2 Å². The largest absolute Gasteiger partial charge is 0.324 e. The molecular formula is C15H17N5. The van der Waals surface area contributed by atoms with Crippen molar-refractivity contribution >= 4 is 10.9 Å². The molecule has 2 heterocycles. The minimum atomic E-state index is -0.139. The Morgan fingerprint density at radius 2 is 1.95 bits per heavy atom. The first-order valence-corrected chi connectivity index (χ1v) is 6.74. The van der Waals surface area contributed by atoms with E-state index in [9.17, 15) is 0 Å². The van der Waals surface area contributed by atoms with Crippen molar-refractivity contribution in [1.29, 1.82) is 0 Å². The Bertz CT molecular complexity index is 705. The van der Waals surface area contributed by atoms with Gasteiger partial charge in [0.15, 0.2) is 0 Å². The Balaban J connectivity index is 1.95. The molecule has 3 rings (SSSR count). The highest BCUT2D eigenvalue weighted by molar-refractivity contribution is 5.82. The molecular weight excluding hydrogens is 250 g/mol. The average molecular weight is 267 g/mol. The van der Waals surface area contributed by atoms with Gasteiger partial charge in [0.2, 0.25) is 0 Å². The van der Waals surface area contributed by atoms with Crippen LogP contribution in [0.15, 0.2) is 43.0 Å². The number of benzene rings is 1. The highest BCUT2D eigenvalue weighted by Gasteiger charge is 2.14. The van der Waals surface area contributed by atoms with E-state index < -0.39 is 0 Å². The quantitative estimate of drug-likeness (QED) is 0.785. The zero-order valence-corrected chi connectivity index (χ0v) is 11.4. The van der Waals surface area contributed by atoms with Crippen LogP contribution in [0.4, 0.5) is 0 Å². The van der Waals surface area contributed by atoms with Gasteiger partial charge < -0.3 is 5.73 Å². The molecule has 0 bridgehead atoms. The minimum absolute atomic E-state index is 0.139. The van der Waals surface area contributed by atoms with E-state index in [1.807, 2.05) is 16.8 Å². The molecule has 5 nitrogen and oxygen atoms in total. The second-order valence-electron chi connectivity index (χ2n) is 4.76. The van der Waals surface area contributed by atoms with Crippen molar-refractivity contribution in [3.63, 3.8) is 0 Å². The molecule has 2 aromatic heterocycles. The Hall–Kier alpha value is -2.27. The first kappa shape index (κ1) is 12.7. The number of nitrogens with zero attached hydrogens (tertiary/aromatic N) is 4. The number of nitrogens with two attached hydrogens (primary N) is 1. The van der Waals surface area contributed by atoms with Crippen LogP contribution in [0.25, 0.3) is 10.9 Å². The molecule has 1 aromatic carbocycles. The van der Waals surface area contributed by atoms with E-state index in [1.165, 1.54) is 11.7 Å². The Labute approximate surface area is 117 Å². The molecule has 3 aromatic rings. The molecule has 0 saturated heterocycles. The van der Waals surface area contributed by atoms with Crippen LogP contribution in [-0.4, -0.2) is 19.7 Å². The second kappa shape index (κ2) is 5.38. The van der Waals surface area contributed by atoms with Crippen molar-refractivity contribution in [3.8, 4) is 0 Å². The fourth-order valence-corrected chi connectivity index (χ4v) is 2.42. The van der Waals surface area contributed by atoms with Gasteiger partial charge in [0.05, 0.1) is 11.2 Å². The fraction of sp³-hybridized carbons (Fsp3) is 0.267. The summed E-state index contributed by atoms with van der Waals surface area (Å²) in [6, 6.07) is 8.11. The standard InChI is InChI=1S/C15H17N5/c1-2-20-15-6-4-3-5-12(15)14(19-20)7-13(16)11-8-17-10-18-9-11/h3-6,8-10,13H,2,7,16H2,1H3. The van der Waals surface area contributed by atoms with Crippen LogP contribution in [0.5, 0.6) is 0 Å². The highest BCUT2D eigenvalue weighted by atomic mass is 15.3. The van der Waals surface area contributed by atoms with Crippen molar-refractivity contribution in [2.45, 2.75) is 25.9 Å². The van der Waals surface area contributed by atoms with Gasteiger partial charge >= 0.3 is 0 Å². The Morgan fingerprint density at radius 1 is 1.20 bits per heavy atom. The lowest BCUT2D eigenvalue weighted by atomic mass is 10.0. The lowest BCUT2D eigenvalue weighted by Gasteiger charge is -2.09. The molecule has 0 spiro atoms. The summed E-state index contributed by atoms with van der Waals surface area (Å²) in [5, 5.41) is 5.84. The summed E-state index contributed by atoms with van der Waals surface area (Å²) >= 11 is 0. The van der Waals surface area contributed by atoms with Gasteiger partial charge in [-0.15, -0.1) is 0 Å². The number of hydrogen-bond donors (Lipinski definition) is 1. The topological polar surface area (TPSA) is 69.6 Å². The number of aromatic nitrogens is 4. The van der Waals surface area contributed by atoms with Gasteiger partial charge in [-0.05, 0) is 13.0 Å². The second-order valence-corrected chi connectivity index (χ2v) is 4.76. The van der Waals surface area contributed by atoms with Crippen molar-refractivity contribution in [1.82, 2.24) is 19.7 Å². The molecule has 5 heteroatoms. The van der Waals surface area contributed by atoms with Gasteiger partial charge in [-0.25, -0.2) is 9.97 Å². The summed E-state index contributed by atoms with van der Waals surface area (Å²) < 4.78 is 2.01. The van der Waals surface area contributed by atoms with Crippen LogP contribution in [-0.2, 0) is 13.0 Å². The van der Waals surface area contributed by atoms with E-state index in [4.69, 9.17) is 5.73 Å². The van der Waals surface area contributed by atoms with Gasteiger partial charge in [-0.1, -0.05) is 18.2 Å². The van der Waals surface area contributed by atoms with Gasteiger partial charge in [-0.2, -0.15) is 5.10 Å². The number of aryl methyl sites for hydroxylation is 1. The molecule has 1 atom stereocenters. The molecule has 0 aliphatic rings. The zero-order valence-electron chi connectivity index (χ0n) is 11.4. The van der Waals surface area contributed by atoms with E-state index in [2.05, 4.69) is 34.1 Å². The maximum absolute atomic E-state index is 6.24. The predicted octanol–water partition coefficient (Wildman–Crippen LogP) is 2.09. The summed E-state index contributed by atoms with van der Waals surface area (Å²) in [6.07, 6.45) is 5.71. The third-order valence-electron chi connectivity index (χ3n) is 3.46. The molecule has 1 unspecified atom stereocenters. The molecule has 102 valence electrons. The van der Waals surface area contributed by atoms with Crippen LogP contribution in [0, 0.1) is 0 Å². The van der Waals surface area contributed by atoms with Crippen LogP contribution >= 0.6 is 0 Å². The van der Waals surface area contributed by atoms with Crippen LogP contribution < -0.4 is 5.73 Å². The van der Waals surface area contributed by atoms with Gasteiger partial charge in [-0.3, -0.25) is 4.68 Å². The maximum Gasteiger partial charge on any atom is 0.115 e. The molecule has 2 N–H and O–H groups in total. The number of fused-ring (bicyclic) bond motifs is 1. The predicted molar refractivity (Wildman–Crippen MR) is 78.1 cm³/mol. The third kappa shape index (κ3) is 2.28. The van der Waals surface area contributed by atoms with Crippen LogP contribution in [0.3, 0.4) is 0 Å². The highest BCUT2D eigenvalue weighted by Crippen LogP contribution is 2.22. The van der Waals surface area contributed by atoms with E-state index in [-0.39, 0.29) is 6.04 Å². The number of para-hydroxylation sites is 1. The van der Waals surface area contributed by atoms with E-state index in [0.29, 0.717) is 6.42 Å². The van der Waals surface area contributed by atoms with Gasteiger partial charge in [0.25, 0.3) is 0 Å². The maximum atomic E-state index is 6.24. The first-order chi connectivity index (χ1) is 9.79. The molecule has 0 aliphatic heterocycles.